The maximum absolute atomic E-state index is 5.48. The Bertz CT molecular complexity index is 362. The lowest BCUT2D eigenvalue weighted by Crippen LogP contribution is -2.40. The molecule has 1 aromatic rings. The summed E-state index contributed by atoms with van der Waals surface area (Å²) in [6.07, 6.45) is 0. The highest BCUT2D eigenvalue weighted by Crippen LogP contribution is 2.28. The normalized spacial score (nSPS) is 25.1. The van der Waals surface area contributed by atoms with Gasteiger partial charge in [-0.15, -0.1) is 0 Å². The summed E-state index contributed by atoms with van der Waals surface area (Å²) in [5, 5.41) is 3.58. The van der Waals surface area contributed by atoms with Gasteiger partial charge in [0.1, 0.15) is 5.76 Å². The number of nitrogens with zero attached hydrogens (tertiary/aromatic N) is 1. The molecule has 3 nitrogen and oxygen atoms in total. The number of rotatable bonds is 3. The summed E-state index contributed by atoms with van der Waals surface area (Å²) >= 11 is 3.31. The van der Waals surface area contributed by atoms with E-state index in [4.69, 9.17) is 4.42 Å². The van der Waals surface area contributed by atoms with Gasteiger partial charge in [-0.25, -0.2) is 0 Å². The van der Waals surface area contributed by atoms with Gasteiger partial charge < -0.3 is 14.6 Å². The second-order valence-electron chi connectivity index (χ2n) is 5.32. The zero-order chi connectivity index (χ0) is 11.8. The highest BCUT2D eigenvalue weighted by Gasteiger charge is 2.37. The number of likely N-dealkylation sites (tertiary alicyclic amines) is 1. The van der Waals surface area contributed by atoms with Crippen LogP contribution in [-0.2, 0) is 6.54 Å². The van der Waals surface area contributed by atoms with Crippen molar-refractivity contribution in [2.24, 2.45) is 5.41 Å². The molecule has 2 heterocycles. The third kappa shape index (κ3) is 2.67. The Hall–Kier alpha value is -0.320. The largest absolute Gasteiger partial charge is 0.453 e. The number of halogens is 1. The van der Waals surface area contributed by atoms with Crippen molar-refractivity contribution in [1.29, 1.82) is 0 Å². The Kier molecular flexibility index (Phi) is 3.42. The van der Waals surface area contributed by atoms with Gasteiger partial charge in [0.25, 0.3) is 0 Å². The van der Waals surface area contributed by atoms with Crippen molar-refractivity contribution >= 4 is 15.9 Å². The number of hydrogen-bond acceptors (Lipinski definition) is 3. The lowest BCUT2D eigenvalue weighted by atomic mass is 9.88. The molecule has 0 spiro atoms. The highest BCUT2D eigenvalue weighted by molar-refractivity contribution is 9.10. The molecule has 1 unspecified atom stereocenters. The lowest BCUT2D eigenvalue weighted by Gasteiger charge is -2.26. The highest BCUT2D eigenvalue weighted by atomic mass is 79.9. The van der Waals surface area contributed by atoms with Crippen molar-refractivity contribution in [1.82, 2.24) is 10.2 Å². The first kappa shape index (κ1) is 12.1. The first-order valence-corrected chi connectivity index (χ1v) is 6.43. The molecule has 16 heavy (non-hydrogen) atoms. The van der Waals surface area contributed by atoms with Gasteiger partial charge in [0.15, 0.2) is 4.67 Å². The predicted octanol–water partition coefficient (Wildman–Crippen LogP) is 2.47. The van der Waals surface area contributed by atoms with Crippen molar-refractivity contribution < 1.29 is 4.42 Å². The minimum absolute atomic E-state index is 0.332. The molecule has 1 fully saturated rings. The Labute approximate surface area is 105 Å². The van der Waals surface area contributed by atoms with Crippen LogP contribution in [0.4, 0.5) is 0 Å². The minimum atomic E-state index is 0.332. The zero-order valence-electron chi connectivity index (χ0n) is 10.1. The Morgan fingerprint density at radius 1 is 1.56 bits per heavy atom. The van der Waals surface area contributed by atoms with Gasteiger partial charge in [0.2, 0.25) is 0 Å². The lowest BCUT2D eigenvalue weighted by molar-refractivity contribution is 0.291. The van der Waals surface area contributed by atoms with Crippen LogP contribution >= 0.6 is 15.9 Å². The summed E-state index contributed by atoms with van der Waals surface area (Å²) in [6.45, 7) is 7.67. The fraction of sp³-hybridized carbons (Fsp3) is 0.667. The number of hydrogen-bond donors (Lipinski definition) is 1. The van der Waals surface area contributed by atoms with Gasteiger partial charge >= 0.3 is 0 Å². The van der Waals surface area contributed by atoms with Crippen LogP contribution in [0.25, 0.3) is 0 Å². The summed E-state index contributed by atoms with van der Waals surface area (Å²) in [4.78, 5) is 2.37. The molecule has 1 aromatic heterocycles. The first-order valence-electron chi connectivity index (χ1n) is 5.63. The molecule has 1 N–H and O–H groups in total. The fourth-order valence-electron chi connectivity index (χ4n) is 2.44. The van der Waals surface area contributed by atoms with E-state index in [-0.39, 0.29) is 0 Å². The molecule has 0 amide bonds. The standard InChI is InChI=1S/C12H19BrN2O/c1-12(2)8-15(3)7-10(12)14-6-9-4-5-11(13)16-9/h4-5,10,14H,6-8H2,1-3H3. The van der Waals surface area contributed by atoms with E-state index in [2.05, 4.69) is 47.0 Å². The summed E-state index contributed by atoms with van der Waals surface area (Å²) in [5.74, 6) is 0.984. The molecule has 0 aliphatic carbocycles. The molecule has 1 atom stereocenters. The van der Waals surface area contributed by atoms with E-state index in [0.717, 1.165) is 30.1 Å². The van der Waals surface area contributed by atoms with Crippen LogP contribution in [0.15, 0.2) is 21.2 Å². The molecule has 1 aliphatic heterocycles. The molecule has 1 saturated heterocycles. The van der Waals surface area contributed by atoms with Crippen LogP contribution in [-0.4, -0.2) is 31.1 Å². The molecule has 0 saturated carbocycles. The predicted molar refractivity (Wildman–Crippen MR) is 68.3 cm³/mol. The second kappa shape index (κ2) is 4.51. The van der Waals surface area contributed by atoms with Gasteiger partial charge in [-0.2, -0.15) is 0 Å². The quantitative estimate of drug-likeness (QED) is 0.925. The van der Waals surface area contributed by atoms with Gasteiger partial charge in [-0.3, -0.25) is 0 Å². The molecular formula is C12H19BrN2O. The van der Waals surface area contributed by atoms with E-state index in [1.807, 2.05) is 12.1 Å². The third-order valence-electron chi connectivity index (χ3n) is 3.27. The zero-order valence-corrected chi connectivity index (χ0v) is 11.7. The van der Waals surface area contributed by atoms with E-state index in [1.165, 1.54) is 0 Å². The molecule has 0 bridgehead atoms. The first-order chi connectivity index (χ1) is 7.47. The van der Waals surface area contributed by atoms with Gasteiger partial charge in [-0.05, 0) is 40.5 Å². The van der Waals surface area contributed by atoms with Gasteiger partial charge in [0.05, 0.1) is 6.54 Å². The molecule has 4 heteroatoms. The van der Waals surface area contributed by atoms with Crippen LogP contribution in [0, 0.1) is 5.41 Å². The Morgan fingerprint density at radius 3 is 2.81 bits per heavy atom. The Morgan fingerprint density at radius 2 is 2.31 bits per heavy atom. The fourth-order valence-corrected chi connectivity index (χ4v) is 2.78. The Balaban J connectivity index is 1.91. The van der Waals surface area contributed by atoms with Crippen molar-refractivity contribution in [2.75, 3.05) is 20.1 Å². The average Bonchev–Trinajstić information content (AvgIpc) is 2.67. The third-order valence-corrected chi connectivity index (χ3v) is 3.69. The summed E-state index contributed by atoms with van der Waals surface area (Å²) in [6, 6.07) is 4.47. The van der Waals surface area contributed by atoms with Crippen molar-refractivity contribution in [3.8, 4) is 0 Å². The van der Waals surface area contributed by atoms with Crippen LogP contribution in [0.5, 0.6) is 0 Å². The molecule has 2 rings (SSSR count). The van der Waals surface area contributed by atoms with Crippen LogP contribution in [0.3, 0.4) is 0 Å². The maximum Gasteiger partial charge on any atom is 0.169 e. The average molecular weight is 287 g/mol. The van der Waals surface area contributed by atoms with E-state index in [0.29, 0.717) is 11.5 Å². The van der Waals surface area contributed by atoms with E-state index >= 15 is 0 Å². The summed E-state index contributed by atoms with van der Waals surface area (Å²) < 4.78 is 6.28. The van der Waals surface area contributed by atoms with Crippen LogP contribution in [0.1, 0.15) is 19.6 Å². The number of furan rings is 1. The van der Waals surface area contributed by atoms with E-state index < -0.39 is 0 Å². The minimum Gasteiger partial charge on any atom is -0.453 e. The van der Waals surface area contributed by atoms with E-state index in [9.17, 15) is 0 Å². The molecular weight excluding hydrogens is 268 g/mol. The van der Waals surface area contributed by atoms with Gasteiger partial charge in [0, 0.05) is 19.1 Å². The van der Waals surface area contributed by atoms with Crippen molar-refractivity contribution in [2.45, 2.75) is 26.4 Å². The summed E-state index contributed by atoms with van der Waals surface area (Å²) in [7, 11) is 2.17. The number of nitrogens with one attached hydrogen (secondary N) is 1. The van der Waals surface area contributed by atoms with Crippen LogP contribution < -0.4 is 5.32 Å². The topological polar surface area (TPSA) is 28.4 Å². The van der Waals surface area contributed by atoms with Crippen LogP contribution in [0.2, 0.25) is 0 Å². The molecule has 0 radical (unpaired) electrons. The monoisotopic (exact) mass is 286 g/mol. The van der Waals surface area contributed by atoms with Crippen molar-refractivity contribution in [3.05, 3.63) is 22.6 Å². The van der Waals surface area contributed by atoms with Gasteiger partial charge in [-0.1, -0.05) is 13.8 Å². The molecule has 90 valence electrons. The maximum atomic E-state index is 5.48. The SMILES string of the molecule is CN1CC(NCc2ccc(Br)o2)C(C)(C)C1. The number of likely N-dealkylation sites (N-methyl/N-ethyl adjacent to an activating group) is 1. The second-order valence-corrected chi connectivity index (χ2v) is 6.11. The molecule has 0 aromatic carbocycles. The summed E-state index contributed by atoms with van der Waals surface area (Å²) in [5.41, 5.74) is 0.332. The molecule has 1 aliphatic rings. The van der Waals surface area contributed by atoms with E-state index in [1.54, 1.807) is 0 Å². The smallest absolute Gasteiger partial charge is 0.169 e. The van der Waals surface area contributed by atoms with Crippen molar-refractivity contribution in [3.63, 3.8) is 0 Å².